The Morgan fingerprint density at radius 2 is 2.10 bits per heavy atom. The SMILES string of the molecule is O=[N+]([O-])c1cc(Cl)nc(Nc2cccc3ccncc23)c1. The lowest BCUT2D eigenvalue weighted by Gasteiger charge is -2.09. The summed E-state index contributed by atoms with van der Waals surface area (Å²) in [5.41, 5.74) is 0.639. The van der Waals surface area contributed by atoms with Crippen LogP contribution in [0, 0.1) is 10.1 Å². The highest BCUT2D eigenvalue weighted by Gasteiger charge is 2.11. The first-order valence-electron chi connectivity index (χ1n) is 6.05. The third-order valence-electron chi connectivity index (χ3n) is 2.94. The summed E-state index contributed by atoms with van der Waals surface area (Å²) in [6, 6.07) is 10.1. The predicted molar refractivity (Wildman–Crippen MR) is 80.9 cm³/mol. The van der Waals surface area contributed by atoms with Gasteiger partial charge >= 0.3 is 0 Å². The van der Waals surface area contributed by atoms with E-state index in [-0.39, 0.29) is 10.8 Å². The van der Waals surface area contributed by atoms with Crippen LogP contribution in [0.5, 0.6) is 0 Å². The molecule has 0 unspecified atom stereocenters. The Bertz CT molecular complexity index is 833. The van der Waals surface area contributed by atoms with Gasteiger partial charge in [-0.2, -0.15) is 0 Å². The van der Waals surface area contributed by atoms with Crippen LogP contribution < -0.4 is 5.32 Å². The molecule has 0 radical (unpaired) electrons. The monoisotopic (exact) mass is 300 g/mol. The average molecular weight is 301 g/mol. The second-order valence-corrected chi connectivity index (χ2v) is 4.71. The number of benzene rings is 1. The average Bonchev–Trinajstić information content (AvgIpc) is 2.47. The molecule has 0 spiro atoms. The van der Waals surface area contributed by atoms with E-state index in [0.717, 1.165) is 16.5 Å². The standard InChI is InChI=1S/C14H9ClN4O2/c15-13-6-10(19(20)21)7-14(18-13)17-12-3-1-2-9-4-5-16-8-11(9)12/h1-8H,(H,17,18). The van der Waals surface area contributed by atoms with Crippen molar-refractivity contribution < 1.29 is 4.92 Å². The van der Waals surface area contributed by atoms with Crippen LogP contribution in [0.25, 0.3) is 10.8 Å². The fourth-order valence-electron chi connectivity index (χ4n) is 2.01. The van der Waals surface area contributed by atoms with Crippen molar-refractivity contribution in [1.82, 2.24) is 9.97 Å². The molecule has 0 aliphatic rings. The number of nitrogens with zero attached hydrogens (tertiary/aromatic N) is 3. The van der Waals surface area contributed by atoms with Crippen molar-refractivity contribution in [3.63, 3.8) is 0 Å². The van der Waals surface area contributed by atoms with Crippen LogP contribution in [-0.2, 0) is 0 Å². The van der Waals surface area contributed by atoms with E-state index < -0.39 is 4.92 Å². The molecule has 7 heteroatoms. The molecule has 0 amide bonds. The Morgan fingerprint density at radius 1 is 1.24 bits per heavy atom. The highest BCUT2D eigenvalue weighted by Crippen LogP contribution is 2.27. The molecule has 0 atom stereocenters. The van der Waals surface area contributed by atoms with Crippen molar-refractivity contribution >= 4 is 39.6 Å². The lowest BCUT2D eigenvalue weighted by molar-refractivity contribution is -0.384. The number of nitrogens with one attached hydrogen (secondary N) is 1. The number of anilines is 2. The number of nitro groups is 1. The molecule has 0 bridgehead atoms. The zero-order valence-corrected chi connectivity index (χ0v) is 11.4. The molecule has 104 valence electrons. The van der Waals surface area contributed by atoms with E-state index in [0.29, 0.717) is 5.82 Å². The van der Waals surface area contributed by atoms with Gasteiger partial charge in [-0.3, -0.25) is 15.1 Å². The smallest absolute Gasteiger partial charge is 0.276 e. The molecular weight excluding hydrogens is 292 g/mol. The number of halogens is 1. The maximum absolute atomic E-state index is 10.9. The van der Waals surface area contributed by atoms with Crippen LogP contribution in [0.4, 0.5) is 17.2 Å². The fraction of sp³-hybridized carbons (Fsp3) is 0. The lowest BCUT2D eigenvalue weighted by Crippen LogP contribution is -1.97. The van der Waals surface area contributed by atoms with Crippen LogP contribution in [-0.4, -0.2) is 14.9 Å². The Kier molecular flexibility index (Phi) is 3.37. The Morgan fingerprint density at radius 3 is 2.90 bits per heavy atom. The summed E-state index contributed by atoms with van der Waals surface area (Å²) in [7, 11) is 0. The van der Waals surface area contributed by atoms with Crippen LogP contribution in [0.2, 0.25) is 5.15 Å². The number of pyridine rings is 2. The fourth-order valence-corrected chi connectivity index (χ4v) is 2.22. The van der Waals surface area contributed by atoms with Crippen molar-refractivity contribution in [2.75, 3.05) is 5.32 Å². The van der Waals surface area contributed by atoms with Crippen LogP contribution in [0.1, 0.15) is 0 Å². The Hall–Kier alpha value is -2.73. The molecular formula is C14H9ClN4O2. The molecule has 0 saturated heterocycles. The molecule has 1 N–H and O–H groups in total. The number of hydrogen-bond donors (Lipinski definition) is 1. The van der Waals surface area contributed by atoms with Crippen molar-refractivity contribution in [3.05, 3.63) is 64.1 Å². The van der Waals surface area contributed by atoms with Gasteiger partial charge in [-0.25, -0.2) is 4.98 Å². The van der Waals surface area contributed by atoms with Gasteiger partial charge in [-0.15, -0.1) is 0 Å². The number of aromatic nitrogens is 2. The molecule has 21 heavy (non-hydrogen) atoms. The van der Waals surface area contributed by atoms with Crippen LogP contribution >= 0.6 is 11.6 Å². The van der Waals surface area contributed by atoms with E-state index in [1.807, 2.05) is 24.3 Å². The van der Waals surface area contributed by atoms with Crippen molar-refractivity contribution in [2.45, 2.75) is 0 Å². The summed E-state index contributed by atoms with van der Waals surface area (Å²) in [4.78, 5) is 18.5. The second-order valence-electron chi connectivity index (χ2n) is 4.32. The third-order valence-corrected chi connectivity index (χ3v) is 3.13. The summed E-state index contributed by atoms with van der Waals surface area (Å²) in [6.07, 6.45) is 3.42. The lowest BCUT2D eigenvalue weighted by atomic mass is 10.1. The minimum absolute atomic E-state index is 0.0602. The first-order chi connectivity index (χ1) is 10.1. The van der Waals surface area contributed by atoms with E-state index >= 15 is 0 Å². The number of hydrogen-bond acceptors (Lipinski definition) is 5. The van der Waals surface area contributed by atoms with Gasteiger partial charge in [0, 0.05) is 23.5 Å². The van der Waals surface area contributed by atoms with E-state index in [9.17, 15) is 10.1 Å². The minimum Gasteiger partial charge on any atom is -0.339 e. The zero-order chi connectivity index (χ0) is 14.8. The minimum atomic E-state index is -0.511. The van der Waals surface area contributed by atoms with Gasteiger partial charge < -0.3 is 5.32 Å². The van der Waals surface area contributed by atoms with Crippen LogP contribution in [0.15, 0.2) is 48.8 Å². The predicted octanol–water partition coefficient (Wildman–Crippen LogP) is 3.94. The Balaban J connectivity index is 2.05. The molecule has 2 heterocycles. The number of rotatable bonds is 3. The third kappa shape index (κ3) is 2.75. The van der Waals surface area contributed by atoms with E-state index in [1.165, 1.54) is 12.1 Å². The van der Waals surface area contributed by atoms with Gasteiger partial charge in [0.15, 0.2) is 0 Å². The summed E-state index contributed by atoms with van der Waals surface area (Å²) in [5.74, 6) is 0.311. The van der Waals surface area contributed by atoms with Crippen molar-refractivity contribution in [3.8, 4) is 0 Å². The summed E-state index contributed by atoms with van der Waals surface area (Å²) >= 11 is 5.81. The van der Waals surface area contributed by atoms with Gasteiger partial charge in [-0.05, 0) is 17.5 Å². The van der Waals surface area contributed by atoms with Gasteiger partial charge in [0.05, 0.1) is 17.1 Å². The van der Waals surface area contributed by atoms with E-state index in [2.05, 4.69) is 15.3 Å². The second kappa shape index (κ2) is 5.34. The quantitative estimate of drug-likeness (QED) is 0.450. The molecule has 0 aliphatic heterocycles. The van der Waals surface area contributed by atoms with Gasteiger partial charge in [-0.1, -0.05) is 23.7 Å². The maximum Gasteiger partial charge on any atom is 0.276 e. The van der Waals surface area contributed by atoms with E-state index in [1.54, 1.807) is 12.4 Å². The first kappa shape index (κ1) is 13.3. The topological polar surface area (TPSA) is 81.0 Å². The van der Waals surface area contributed by atoms with E-state index in [4.69, 9.17) is 11.6 Å². The largest absolute Gasteiger partial charge is 0.339 e. The van der Waals surface area contributed by atoms with Gasteiger partial charge in [0.25, 0.3) is 5.69 Å². The highest BCUT2D eigenvalue weighted by molar-refractivity contribution is 6.29. The Labute approximate surface area is 124 Å². The van der Waals surface area contributed by atoms with Crippen molar-refractivity contribution in [2.24, 2.45) is 0 Å². The molecule has 2 aromatic heterocycles. The molecule has 6 nitrogen and oxygen atoms in total. The highest BCUT2D eigenvalue weighted by atomic mass is 35.5. The zero-order valence-electron chi connectivity index (χ0n) is 10.7. The molecule has 3 aromatic rings. The molecule has 0 saturated carbocycles. The maximum atomic E-state index is 10.9. The van der Waals surface area contributed by atoms with Crippen molar-refractivity contribution in [1.29, 1.82) is 0 Å². The molecule has 0 aliphatic carbocycles. The summed E-state index contributed by atoms with van der Waals surface area (Å²) in [6.45, 7) is 0. The first-order valence-corrected chi connectivity index (χ1v) is 6.43. The summed E-state index contributed by atoms with van der Waals surface area (Å²) < 4.78 is 0. The van der Waals surface area contributed by atoms with Gasteiger partial charge in [0.1, 0.15) is 11.0 Å². The number of fused-ring (bicyclic) bond motifs is 1. The molecule has 0 fully saturated rings. The van der Waals surface area contributed by atoms with Crippen LogP contribution in [0.3, 0.4) is 0 Å². The molecule has 1 aromatic carbocycles. The van der Waals surface area contributed by atoms with Gasteiger partial charge in [0.2, 0.25) is 0 Å². The normalized spacial score (nSPS) is 10.5. The molecule has 3 rings (SSSR count). The summed E-state index contributed by atoms with van der Waals surface area (Å²) in [5, 5.41) is 15.9.